The van der Waals surface area contributed by atoms with E-state index in [1.807, 2.05) is 34.6 Å². The van der Waals surface area contributed by atoms with Gasteiger partial charge in [0.15, 0.2) is 5.78 Å². The van der Waals surface area contributed by atoms with E-state index in [1.54, 1.807) is 0 Å². The summed E-state index contributed by atoms with van der Waals surface area (Å²) in [7, 11) is 1.51. The number of hydrogen-bond acceptors (Lipinski definition) is 2. The van der Waals surface area contributed by atoms with Gasteiger partial charge in [0.25, 0.3) is 0 Å². The Hall–Kier alpha value is -0.260. The van der Waals surface area contributed by atoms with Crippen molar-refractivity contribution in [2.45, 2.75) is 47.1 Å². The summed E-state index contributed by atoms with van der Waals surface area (Å²) in [6.07, 6.45) is 0.596. The van der Waals surface area contributed by atoms with Crippen molar-refractivity contribution in [2.75, 3.05) is 7.05 Å². The Morgan fingerprint density at radius 1 is 1.38 bits per heavy atom. The Morgan fingerprint density at radius 2 is 1.81 bits per heavy atom. The second kappa shape index (κ2) is 5.89. The highest BCUT2D eigenvalue weighted by molar-refractivity contribution is 7.76. The Balaban J connectivity index is 4.95. The van der Waals surface area contributed by atoms with E-state index in [4.69, 9.17) is 4.55 Å². The van der Waals surface area contributed by atoms with Gasteiger partial charge in [0.1, 0.15) is 0 Å². The normalized spacial score (nSPS) is 16.6. The summed E-state index contributed by atoms with van der Waals surface area (Å²) in [5.41, 5.74) is -0.493. The minimum absolute atomic E-state index is 0.00565. The fourth-order valence-corrected chi connectivity index (χ4v) is 1.88. The van der Waals surface area contributed by atoms with Crippen LogP contribution in [0.15, 0.2) is 0 Å². The second-order valence-corrected chi connectivity index (χ2v) is 6.57. The molecular formula is C11H23NO3S. The van der Waals surface area contributed by atoms with Crippen LogP contribution in [0.1, 0.15) is 41.0 Å². The van der Waals surface area contributed by atoms with Crippen LogP contribution in [-0.2, 0) is 16.1 Å². The Labute approximate surface area is 101 Å². The molecule has 1 N–H and O–H groups in total. The maximum Gasteiger partial charge on any atom is 0.234 e. The molecule has 16 heavy (non-hydrogen) atoms. The molecule has 0 aromatic heterocycles. The lowest BCUT2D eigenvalue weighted by atomic mass is 9.84. The van der Waals surface area contributed by atoms with Gasteiger partial charge >= 0.3 is 0 Å². The molecule has 0 spiro atoms. The first-order chi connectivity index (χ1) is 7.07. The maximum absolute atomic E-state index is 12.2. The molecule has 0 bridgehead atoms. The molecule has 0 saturated heterocycles. The van der Waals surface area contributed by atoms with Gasteiger partial charge in [0.05, 0.1) is 6.04 Å². The van der Waals surface area contributed by atoms with Crippen LogP contribution in [0.3, 0.4) is 0 Å². The molecule has 0 aliphatic heterocycles. The van der Waals surface area contributed by atoms with Crippen LogP contribution in [0.25, 0.3) is 0 Å². The molecule has 0 aliphatic carbocycles. The molecule has 0 radical (unpaired) electrons. The van der Waals surface area contributed by atoms with Gasteiger partial charge in [-0.2, -0.15) is 4.31 Å². The van der Waals surface area contributed by atoms with E-state index in [1.165, 1.54) is 11.4 Å². The van der Waals surface area contributed by atoms with Crippen molar-refractivity contribution in [2.24, 2.45) is 11.3 Å². The van der Waals surface area contributed by atoms with Gasteiger partial charge in [-0.1, -0.05) is 34.6 Å². The van der Waals surface area contributed by atoms with Gasteiger partial charge < -0.3 is 0 Å². The lowest BCUT2D eigenvalue weighted by Crippen LogP contribution is -2.45. The number of likely N-dealkylation sites (N-methyl/N-ethyl adjacent to an activating group) is 1. The van der Waals surface area contributed by atoms with Crippen molar-refractivity contribution < 1.29 is 13.6 Å². The summed E-state index contributed by atoms with van der Waals surface area (Å²) in [6, 6.07) is -0.495. The molecule has 1 unspecified atom stereocenters. The number of rotatable bonds is 5. The molecule has 0 heterocycles. The molecule has 0 aromatic carbocycles. The third-order valence-electron chi connectivity index (χ3n) is 2.42. The van der Waals surface area contributed by atoms with Gasteiger partial charge in [0, 0.05) is 12.5 Å². The highest BCUT2D eigenvalue weighted by Gasteiger charge is 2.34. The standard InChI is InChI=1S/C11H23NO3S/c1-8(2)7-9(12(6)16(14)15)10(13)11(3,4)5/h8-9H,7H2,1-6H3,(H,14,15)/t9-/m1/s1. The molecule has 0 rings (SSSR count). The molecule has 96 valence electrons. The maximum atomic E-state index is 12.2. The van der Waals surface area contributed by atoms with E-state index in [-0.39, 0.29) is 5.78 Å². The minimum Gasteiger partial charge on any atom is -0.297 e. The summed E-state index contributed by atoms with van der Waals surface area (Å²) in [5.74, 6) is 0.313. The number of hydrogen-bond donors (Lipinski definition) is 1. The van der Waals surface area contributed by atoms with Crippen LogP contribution in [0, 0.1) is 11.3 Å². The first-order valence-electron chi connectivity index (χ1n) is 5.45. The molecule has 5 heteroatoms. The SMILES string of the molecule is CC(C)C[C@H](C(=O)C(C)(C)C)N(C)S(=O)O. The monoisotopic (exact) mass is 249 g/mol. The van der Waals surface area contributed by atoms with Crippen molar-refractivity contribution >= 4 is 17.0 Å². The molecule has 0 aromatic rings. The number of carbonyl (C=O) groups excluding carboxylic acids is 1. The van der Waals surface area contributed by atoms with Crippen molar-refractivity contribution in [3.8, 4) is 0 Å². The molecule has 0 aliphatic rings. The third kappa shape index (κ3) is 4.72. The zero-order chi connectivity index (χ0) is 13.1. The van der Waals surface area contributed by atoms with Crippen LogP contribution in [0.4, 0.5) is 0 Å². The zero-order valence-electron chi connectivity index (χ0n) is 11.0. The predicted molar refractivity (Wildman–Crippen MR) is 66.2 cm³/mol. The van der Waals surface area contributed by atoms with Crippen LogP contribution in [0.5, 0.6) is 0 Å². The fourth-order valence-electron chi connectivity index (χ4n) is 1.48. The molecule has 0 saturated carbocycles. The summed E-state index contributed by atoms with van der Waals surface area (Å²) in [5, 5.41) is 0. The molecule has 2 atom stereocenters. The highest BCUT2D eigenvalue weighted by Crippen LogP contribution is 2.23. The molecule has 4 nitrogen and oxygen atoms in total. The van der Waals surface area contributed by atoms with Crippen LogP contribution >= 0.6 is 0 Å². The van der Waals surface area contributed by atoms with Gasteiger partial charge in [-0.25, -0.2) is 4.21 Å². The van der Waals surface area contributed by atoms with E-state index < -0.39 is 22.7 Å². The molecule has 0 amide bonds. The molecular weight excluding hydrogens is 226 g/mol. The van der Waals surface area contributed by atoms with Crippen molar-refractivity contribution in [3.63, 3.8) is 0 Å². The van der Waals surface area contributed by atoms with E-state index in [0.717, 1.165) is 0 Å². The Kier molecular flexibility index (Phi) is 5.79. The van der Waals surface area contributed by atoms with E-state index in [2.05, 4.69) is 0 Å². The smallest absolute Gasteiger partial charge is 0.234 e. The van der Waals surface area contributed by atoms with Crippen molar-refractivity contribution in [1.82, 2.24) is 4.31 Å². The number of ketones is 1. The van der Waals surface area contributed by atoms with Gasteiger partial charge in [-0.3, -0.25) is 9.35 Å². The first kappa shape index (κ1) is 15.7. The van der Waals surface area contributed by atoms with Gasteiger partial charge in [0.2, 0.25) is 11.3 Å². The third-order valence-corrected chi connectivity index (χ3v) is 3.17. The number of Topliss-reactive ketones (excluding diaryl/α,β-unsaturated/α-hetero) is 1. The Morgan fingerprint density at radius 3 is 2.06 bits per heavy atom. The largest absolute Gasteiger partial charge is 0.297 e. The van der Waals surface area contributed by atoms with Gasteiger partial charge in [-0.15, -0.1) is 0 Å². The highest BCUT2D eigenvalue weighted by atomic mass is 32.2. The first-order valence-corrected chi connectivity index (χ1v) is 6.51. The summed E-state index contributed by atoms with van der Waals surface area (Å²) in [6.45, 7) is 9.48. The minimum atomic E-state index is -2.10. The summed E-state index contributed by atoms with van der Waals surface area (Å²) < 4.78 is 21.3. The van der Waals surface area contributed by atoms with Crippen molar-refractivity contribution in [3.05, 3.63) is 0 Å². The van der Waals surface area contributed by atoms with Crippen LogP contribution < -0.4 is 0 Å². The summed E-state index contributed by atoms with van der Waals surface area (Å²) in [4.78, 5) is 12.2. The van der Waals surface area contributed by atoms with Crippen LogP contribution in [-0.4, -0.2) is 31.9 Å². The Bertz CT molecular complexity index is 271. The fraction of sp³-hybridized carbons (Fsp3) is 0.909. The van der Waals surface area contributed by atoms with E-state index >= 15 is 0 Å². The van der Waals surface area contributed by atoms with Gasteiger partial charge in [-0.05, 0) is 12.3 Å². The second-order valence-electron chi connectivity index (χ2n) is 5.54. The quantitative estimate of drug-likeness (QED) is 0.759. The average molecular weight is 249 g/mol. The molecule has 0 fully saturated rings. The zero-order valence-corrected chi connectivity index (χ0v) is 11.8. The van der Waals surface area contributed by atoms with E-state index in [9.17, 15) is 9.00 Å². The average Bonchev–Trinajstić information content (AvgIpc) is 2.09. The van der Waals surface area contributed by atoms with E-state index in [0.29, 0.717) is 12.3 Å². The van der Waals surface area contributed by atoms with Crippen LogP contribution in [0.2, 0.25) is 0 Å². The number of nitrogens with zero attached hydrogens (tertiary/aromatic N) is 1. The lowest BCUT2D eigenvalue weighted by Gasteiger charge is -2.30. The lowest BCUT2D eigenvalue weighted by molar-refractivity contribution is -0.130. The predicted octanol–water partition coefficient (Wildman–Crippen LogP) is 2.08. The summed E-state index contributed by atoms with van der Waals surface area (Å²) >= 11 is -2.10. The van der Waals surface area contributed by atoms with Crippen molar-refractivity contribution in [1.29, 1.82) is 0 Å². The number of carbonyl (C=O) groups is 1. The topological polar surface area (TPSA) is 57.6 Å².